The zero-order valence-corrected chi connectivity index (χ0v) is 8.27. The molecule has 0 unspecified atom stereocenters. The van der Waals surface area contributed by atoms with Gasteiger partial charge in [-0.25, -0.2) is 0 Å². The lowest BCUT2D eigenvalue weighted by atomic mass is 10.1. The lowest BCUT2D eigenvalue weighted by Crippen LogP contribution is -2.22. The minimum absolute atomic E-state index is 0.0639. The summed E-state index contributed by atoms with van der Waals surface area (Å²) in [4.78, 5) is 20.9. The number of carbonyl (C=O) groups is 2. The Kier molecular flexibility index (Phi) is 6.45. The number of hydrogen-bond acceptors (Lipinski definition) is 2. The van der Waals surface area contributed by atoms with E-state index in [4.69, 9.17) is 10.2 Å². The highest BCUT2D eigenvalue weighted by Crippen LogP contribution is 2.06. The van der Waals surface area contributed by atoms with Gasteiger partial charge in [0.25, 0.3) is 0 Å². The average Bonchev–Trinajstić information content (AvgIpc) is 2.09. The predicted octanol–water partition coefficient (Wildman–Crippen LogP) is 1.91. The lowest BCUT2D eigenvalue weighted by Gasteiger charge is -2.02. The number of allylic oxidation sites excluding steroid dienone is 2. The Bertz CT molecular complexity index is 206. The van der Waals surface area contributed by atoms with Crippen molar-refractivity contribution in [2.45, 2.75) is 32.6 Å². The second kappa shape index (κ2) is 7.12. The van der Waals surface area contributed by atoms with Crippen molar-refractivity contribution in [1.82, 2.24) is 0 Å². The van der Waals surface area contributed by atoms with E-state index in [1.54, 1.807) is 6.08 Å². The molecule has 0 saturated carbocycles. The Morgan fingerprint density at radius 3 is 2.21 bits per heavy atom. The van der Waals surface area contributed by atoms with Crippen LogP contribution in [0.3, 0.4) is 0 Å². The van der Waals surface area contributed by atoms with Crippen LogP contribution in [0.15, 0.2) is 12.2 Å². The Balaban J connectivity index is 3.88. The van der Waals surface area contributed by atoms with Crippen LogP contribution in [0.1, 0.15) is 32.6 Å². The molecule has 0 radical (unpaired) electrons. The van der Waals surface area contributed by atoms with Crippen LogP contribution >= 0.6 is 0 Å². The quantitative estimate of drug-likeness (QED) is 0.374. The Labute approximate surface area is 83.2 Å². The monoisotopic (exact) mass is 200 g/mol. The van der Waals surface area contributed by atoms with Gasteiger partial charge in [0.2, 0.25) is 0 Å². The molecule has 2 N–H and O–H groups in total. The number of hydrogen-bond donors (Lipinski definition) is 2. The molecule has 4 heteroatoms. The summed E-state index contributed by atoms with van der Waals surface area (Å²) in [7, 11) is 0. The molecule has 0 atom stereocenters. The topological polar surface area (TPSA) is 74.6 Å². The van der Waals surface area contributed by atoms with Crippen molar-refractivity contribution < 1.29 is 19.8 Å². The SMILES string of the molecule is CCCCC=CCC(C(=O)O)C(=O)O. The van der Waals surface area contributed by atoms with E-state index in [1.807, 2.05) is 6.08 Å². The van der Waals surface area contributed by atoms with E-state index in [-0.39, 0.29) is 6.42 Å². The maximum atomic E-state index is 10.4. The summed E-state index contributed by atoms with van der Waals surface area (Å²) in [5, 5.41) is 17.1. The van der Waals surface area contributed by atoms with Crippen LogP contribution in [0.5, 0.6) is 0 Å². The third-order valence-corrected chi connectivity index (χ3v) is 1.86. The molecule has 0 heterocycles. The van der Waals surface area contributed by atoms with Gasteiger partial charge in [-0.2, -0.15) is 0 Å². The van der Waals surface area contributed by atoms with Gasteiger partial charge in [-0.05, 0) is 12.8 Å². The molecule has 0 aliphatic rings. The van der Waals surface area contributed by atoms with Crippen LogP contribution in [0.4, 0.5) is 0 Å². The smallest absolute Gasteiger partial charge is 0.318 e. The van der Waals surface area contributed by atoms with Gasteiger partial charge in [-0.3, -0.25) is 9.59 Å². The standard InChI is InChI=1S/C10H16O4/c1-2-3-4-5-6-7-8(9(11)12)10(13)14/h5-6,8H,2-4,7H2,1H3,(H,11,12)(H,13,14). The average molecular weight is 200 g/mol. The minimum Gasteiger partial charge on any atom is -0.481 e. The summed E-state index contributed by atoms with van der Waals surface area (Å²) >= 11 is 0. The number of carboxylic acid groups (broad SMARTS) is 2. The molecule has 0 amide bonds. The van der Waals surface area contributed by atoms with Crippen LogP contribution < -0.4 is 0 Å². The normalized spacial score (nSPS) is 11.0. The molecule has 0 aromatic rings. The third-order valence-electron chi connectivity index (χ3n) is 1.86. The van der Waals surface area contributed by atoms with Crippen LogP contribution in [0, 0.1) is 5.92 Å². The molecule has 0 bridgehead atoms. The van der Waals surface area contributed by atoms with Crippen LogP contribution in [0.25, 0.3) is 0 Å². The van der Waals surface area contributed by atoms with Crippen molar-refractivity contribution in [3.63, 3.8) is 0 Å². The van der Waals surface area contributed by atoms with Gasteiger partial charge in [0.1, 0.15) is 0 Å². The molecule has 0 saturated heterocycles. The van der Waals surface area contributed by atoms with Crippen molar-refractivity contribution in [2.24, 2.45) is 5.92 Å². The number of carboxylic acids is 2. The largest absolute Gasteiger partial charge is 0.481 e. The molecule has 0 aliphatic heterocycles. The Morgan fingerprint density at radius 1 is 1.21 bits per heavy atom. The van der Waals surface area contributed by atoms with Crippen molar-refractivity contribution in [1.29, 1.82) is 0 Å². The van der Waals surface area contributed by atoms with Crippen molar-refractivity contribution >= 4 is 11.9 Å². The Morgan fingerprint density at radius 2 is 1.79 bits per heavy atom. The molecular formula is C10H16O4. The van der Waals surface area contributed by atoms with Crippen LogP contribution in [0.2, 0.25) is 0 Å². The van der Waals surface area contributed by atoms with Gasteiger partial charge >= 0.3 is 11.9 Å². The first-order valence-electron chi connectivity index (χ1n) is 4.70. The lowest BCUT2D eigenvalue weighted by molar-refractivity contribution is -0.154. The zero-order valence-electron chi connectivity index (χ0n) is 8.27. The third kappa shape index (κ3) is 5.35. The first kappa shape index (κ1) is 12.7. The van der Waals surface area contributed by atoms with Gasteiger partial charge < -0.3 is 10.2 Å². The first-order chi connectivity index (χ1) is 6.59. The van der Waals surface area contributed by atoms with Gasteiger partial charge in [0, 0.05) is 0 Å². The molecule has 0 aromatic heterocycles. The number of unbranched alkanes of at least 4 members (excludes halogenated alkanes) is 2. The summed E-state index contributed by atoms with van der Waals surface area (Å²) in [6.07, 6.45) is 6.52. The molecule has 80 valence electrons. The minimum atomic E-state index is -1.31. The summed E-state index contributed by atoms with van der Waals surface area (Å²) in [5.41, 5.74) is 0. The molecule has 0 fully saturated rings. The first-order valence-corrected chi connectivity index (χ1v) is 4.70. The maximum Gasteiger partial charge on any atom is 0.318 e. The molecule has 4 nitrogen and oxygen atoms in total. The van der Waals surface area contributed by atoms with Crippen molar-refractivity contribution in [2.75, 3.05) is 0 Å². The highest BCUT2D eigenvalue weighted by atomic mass is 16.4. The number of aliphatic carboxylic acids is 2. The summed E-state index contributed by atoms with van der Waals surface area (Å²) in [5.74, 6) is -3.87. The summed E-state index contributed by atoms with van der Waals surface area (Å²) in [6, 6.07) is 0. The van der Waals surface area contributed by atoms with E-state index < -0.39 is 17.9 Å². The molecule has 0 aliphatic carbocycles. The molecule has 0 rings (SSSR count). The molecule has 0 spiro atoms. The summed E-state index contributed by atoms with van der Waals surface area (Å²) < 4.78 is 0. The predicted molar refractivity (Wildman–Crippen MR) is 52.0 cm³/mol. The fraction of sp³-hybridized carbons (Fsp3) is 0.600. The van der Waals surface area contributed by atoms with E-state index in [0.717, 1.165) is 19.3 Å². The van der Waals surface area contributed by atoms with E-state index in [0.29, 0.717) is 0 Å². The van der Waals surface area contributed by atoms with Crippen molar-refractivity contribution in [3.05, 3.63) is 12.2 Å². The highest BCUT2D eigenvalue weighted by Gasteiger charge is 2.23. The second-order valence-electron chi connectivity index (χ2n) is 3.08. The van der Waals surface area contributed by atoms with Gasteiger partial charge in [-0.1, -0.05) is 31.9 Å². The zero-order chi connectivity index (χ0) is 11.0. The Hall–Kier alpha value is -1.32. The van der Waals surface area contributed by atoms with E-state index in [9.17, 15) is 9.59 Å². The van der Waals surface area contributed by atoms with Crippen molar-refractivity contribution in [3.8, 4) is 0 Å². The molecule has 14 heavy (non-hydrogen) atoms. The second-order valence-corrected chi connectivity index (χ2v) is 3.08. The van der Waals surface area contributed by atoms with Gasteiger partial charge in [0.15, 0.2) is 5.92 Å². The van der Waals surface area contributed by atoms with Gasteiger partial charge in [-0.15, -0.1) is 0 Å². The van der Waals surface area contributed by atoms with E-state index in [2.05, 4.69) is 6.92 Å². The van der Waals surface area contributed by atoms with E-state index in [1.165, 1.54) is 0 Å². The highest BCUT2D eigenvalue weighted by molar-refractivity contribution is 5.92. The fourth-order valence-electron chi connectivity index (χ4n) is 0.979. The maximum absolute atomic E-state index is 10.4. The number of rotatable bonds is 7. The fourth-order valence-corrected chi connectivity index (χ4v) is 0.979. The molecular weight excluding hydrogens is 184 g/mol. The molecule has 0 aromatic carbocycles. The van der Waals surface area contributed by atoms with Crippen LogP contribution in [-0.2, 0) is 9.59 Å². The summed E-state index contributed by atoms with van der Waals surface area (Å²) in [6.45, 7) is 2.06. The van der Waals surface area contributed by atoms with Crippen LogP contribution in [-0.4, -0.2) is 22.2 Å². The van der Waals surface area contributed by atoms with Gasteiger partial charge in [0.05, 0.1) is 0 Å². The van der Waals surface area contributed by atoms with E-state index >= 15 is 0 Å².